The number of carbonyl (C=O) groups excluding carboxylic acids is 1. The van der Waals surface area contributed by atoms with Crippen molar-refractivity contribution in [3.63, 3.8) is 0 Å². The van der Waals surface area contributed by atoms with Crippen LogP contribution in [0.5, 0.6) is 5.75 Å². The van der Waals surface area contributed by atoms with Crippen LogP contribution in [-0.2, 0) is 15.7 Å². The van der Waals surface area contributed by atoms with Gasteiger partial charge < -0.3 is 14.8 Å². The van der Waals surface area contributed by atoms with Crippen LogP contribution in [0.3, 0.4) is 0 Å². The fraction of sp³-hybridized carbons (Fsp3) is 0.125. The molecule has 3 aromatic rings. The Morgan fingerprint density at radius 2 is 1.56 bits per heavy atom. The topological polar surface area (TPSA) is 38.3 Å². The summed E-state index contributed by atoms with van der Waals surface area (Å²) in [5.41, 5.74) is 2.52. The molecule has 2 atom stereocenters. The number of anilines is 1. The van der Waals surface area contributed by atoms with Gasteiger partial charge in [-0.3, -0.25) is 0 Å². The molecule has 0 saturated heterocycles. The Hall–Kier alpha value is -3.33. The van der Waals surface area contributed by atoms with Gasteiger partial charge in [0.15, 0.2) is 0 Å². The van der Waals surface area contributed by atoms with Crippen molar-refractivity contribution in [2.75, 3.05) is 11.9 Å². The maximum Gasteiger partial charge on any atom is 0.137 e. The molecule has 0 aliphatic carbocycles. The molecule has 132 valence electrons. The van der Waals surface area contributed by atoms with E-state index in [1.807, 2.05) is 66.7 Å². The van der Waals surface area contributed by atoms with Crippen LogP contribution in [-0.4, -0.2) is 12.9 Å². The largest absolute Gasteiger partial charge is 0.492 e. The number of rotatable bonds is 3. The first-order valence-corrected chi connectivity index (χ1v) is 9.10. The monoisotopic (exact) mass is 353 g/mol. The fourth-order valence-electron chi connectivity index (χ4n) is 4.38. The smallest absolute Gasteiger partial charge is 0.137 e. The van der Waals surface area contributed by atoms with Gasteiger partial charge in [0.05, 0.1) is 0 Å². The minimum Gasteiger partial charge on any atom is -0.492 e. The Balaban J connectivity index is 1.77. The van der Waals surface area contributed by atoms with Crippen molar-refractivity contribution in [1.82, 2.24) is 0 Å². The fourth-order valence-corrected chi connectivity index (χ4v) is 4.38. The first-order valence-electron chi connectivity index (χ1n) is 9.10. The van der Waals surface area contributed by atoms with Gasteiger partial charge in [0.25, 0.3) is 0 Å². The molecule has 2 heterocycles. The van der Waals surface area contributed by atoms with Gasteiger partial charge in [-0.1, -0.05) is 78.9 Å². The summed E-state index contributed by atoms with van der Waals surface area (Å²) in [6.07, 6.45) is 5.26. The summed E-state index contributed by atoms with van der Waals surface area (Å²) >= 11 is 0. The summed E-state index contributed by atoms with van der Waals surface area (Å²) < 4.78 is 6.06. The molecular weight excluding hydrogens is 334 g/mol. The van der Waals surface area contributed by atoms with Crippen LogP contribution in [0.15, 0.2) is 84.9 Å². The van der Waals surface area contributed by atoms with Crippen molar-refractivity contribution in [3.05, 3.63) is 102 Å². The lowest BCUT2D eigenvalue weighted by Crippen LogP contribution is -2.56. The highest BCUT2D eigenvalue weighted by Gasteiger charge is 2.61. The van der Waals surface area contributed by atoms with Gasteiger partial charge >= 0.3 is 0 Å². The molecule has 5 rings (SSSR count). The quantitative estimate of drug-likeness (QED) is 0.702. The Labute approximate surface area is 158 Å². The molecule has 0 bridgehead atoms. The number of hydrogen-bond acceptors (Lipinski definition) is 3. The van der Waals surface area contributed by atoms with E-state index in [9.17, 15) is 4.79 Å². The molecule has 2 aliphatic heterocycles. The summed E-state index contributed by atoms with van der Waals surface area (Å²) in [5.74, 6) is 0.813. The van der Waals surface area contributed by atoms with E-state index in [4.69, 9.17) is 4.74 Å². The third-order valence-corrected chi connectivity index (χ3v) is 5.74. The van der Waals surface area contributed by atoms with Crippen LogP contribution < -0.4 is 10.1 Å². The molecule has 0 aromatic heterocycles. The van der Waals surface area contributed by atoms with Crippen LogP contribution in [0, 0.1) is 0 Å². The first kappa shape index (κ1) is 15.9. The SMILES string of the molecule is O=C[C@]12COc3ccccc3[C@@]1(/C=C/c1ccccc1)Nc1ccccc12. The normalized spacial score (nSPS) is 25.0. The molecule has 0 radical (unpaired) electrons. The van der Waals surface area contributed by atoms with Gasteiger partial charge in [0.2, 0.25) is 0 Å². The molecule has 0 spiro atoms. The number of benzene rings is 3. The Kier molecular flexibility index (Phi) is 3.44. The first-order chi connectivity index (χ1) is 13.3. The van der Waals surface area contributed by atoms with Crippen LogP contribution in [0.25, 0.3) is 6.08 Å². The van der Waals surface area contributed by atoms with E-state index in [0.717, 1.165) is 34.4 Å². The predicted octanol–water partition coefficient (Wildman–Crippen LogP) is 4.55. The molecule has 1 N–H and O–H groups in total. The van der Waals surface area contributed by atoms with Crippen molar-refractivity contribution < 1.29 is 9.53 Å². The summed E-state index contributed by atoms with van der Waals surface area (Å²) in [6, 6.07) is 26.1. The van der Waals surface area contributed by atoms with Gasteiger partial charge in [-0.05, 0) is 23.3 Å². The minimum atomic E-state index is -0.816. The van der Waals surface area contributed by atoms with Gasteiger partial charge in [-0.2, -0.15) is 0 Å². The predicted molar refractivity (Wildman–Crippen MR) is 107 cm³/mol. The van der Waals surface area contributed by atoms with Crippen molar-refractivity contribution in [1.29, 1.82) is 0 Å². The van der Waals surface area contributed by atoms with Gasteiger partial charge in [-0.25, -0.2) is 0 Å². The Bertz CT molecular complexity index is 1040. The van der Waals surface area contributed by atoms with E-state index in [0.29, 0.717) is 6.61 Å². The maximum atomic E-state index is 12.6. The molecule has 2 aliphatic rings. The van der Waals surface area contributed by atoms with Gasteiger partial charge in [-0.15, -0.1) is 0 Å². The Morgan fingerprint density at radius 1 is 0.852 bits per heavy atom. The highest BCUT2D eigenvalue weighted by atomic mass is 16.5. The van der Waals surface area contributed by atoms with E-state index < -0.39 is 11.0 Å². The van der Waals surface area contributed by atoms with Crippen LogP contribution in [0.1, 0.15) is 16.7 Å². The maximum absolute atomic E-state index is 12.6. The summed E-state index contributed by atoms with van der Waals surface area (Å²) in [5, 5.41) is 3.67. The molecule has 0 amide bonds. The van der Waals surface area contributed by atoms with Crippen LogP contribution >= 0.6 is 0 Å². The lowest BCUT2D eigenvalue weighted by Gasteiger charge is -2.45. The average molecular weight is 353 g/mol. The molecule has 27 heavy (non-hydrogen) atoms. The van der Waals surface area contributed by atoms with E-state index in [-0.39, 0.29) is 0 Å². The number of para-hydroxylation sites is 2. The summed E-state index contributed by atoms with van der Waals surface area (Å²) in [4.78, 5) is 12.6. The number of aldehydes is 1. The lowest BCUT2D eigenvalue weighted by molar-refractivity contribution is -0.115. The highest BCUT2D eigenvalue weighted by Crippen LogP contribution is 2.57. The minimum absolute atomic E-state index is 0.302. The third-order valence-electron chi connectivity index (χ3n) is 5.74. The zero-order valence-electron chi connectivity index (χ0n) is 14.8. The van der Waals surface area contributed by atoms with Crippen molar-refractivity contribution >= 4 is 18.0 Å². The number of ether oxygens (including phenoxy) is 1. The second-order valence-corrected chi connectivity index (χ2v) is 7.10. The standard InChI is InChI=1S/C24H19NO2/c26-16-23-17-27-22-13-7-5-11-20(22)24(23,15-14-18-8-2-1-3-9-18)25-21-12-6-4-10-19(21)23/h1-16,25H,17H2/b15-14+/t23-,24-/m1/s1. The van der Waals surface area contributed by atoms with E-state index in [2.05, 4.69) is 29.6 Å². The molecule has 0 saturated carbocycles. The number of carbonyl (C=O) groups is 1. The van der Waals surface area contributed by atoms with E-state index in [1.54, 1.807) is 0 Å². The van der Waals surface area contributed by atoms with E-state index in [1.165, 1.54) is 0 Å². The average Bonchev–Trinajstić information content (AvgIpc) is 3.04. The number of hydrogen-bond donors (Lipinski definition) is 1. The highest BCUT2D eigenvalue weighted by molar-refractivity contribution is 5.86. The molecular formula is C24H19NO2. The van der Waals surface area contributed by atoms with Crippen LogP contribution in [0.4, 0.5) is 5.69 Å². The second kappa shape index (κ2) is 5.85. The zero-order valence-corrected chi connectivity index (χ0v) is 14.8. The zero-order chi connectivity index (χ0) is 18.3. The van der Waals surface area contributed by atoms with E-state index >= 15 is 0 Å². The molecule has 3 heteroatoms. The summed E-state index contributed by atoms with van der Waals surface area (Å²) in [7, 11) is 0. The molecule has 3 nitrogen and oxygen atoms in total. The number of nitrogens with one attached hydrogen (secondary N) is 1. The van der Waals surface area contributed by atoms with Crippen molar-refractivity contribution in [3.8, 4) is 5.75 Å². The third kappa shape index (κ3) is 2.12. The van der Waals surface area contributed by atoms with Crippen LogP contribution in [0.2, 0.25) is 0 Å². The molecule has 0 unspecified atom stereocenters. The van der Waals surface area contributed by atoms with Crippen molar-refractivity contribution in [2.24, 2.45) is 0 Å². The van der Waals surface area contributed by atoms with Gasteiger partial charge in [0.1, 0.15) is 29.6 Å². The second-order valence-electron chi connectivity index (χ2n) is 7.10. The van der Waals surface area contributed by atoms with Crippen molar-refractivity contribution in [2.45, 2.75) is 11.0 Å². The summed E-state index contributed by atoms with van der Waals surface area (Å²) in [6.45, 7) is 0.302. The lowest BCUT2D eigenvalue weighted by atomic mass is 9.64. The number of fused-ring (bicyclic) bond motifs is 5. The Morgan fingerprint density at radius 3 is 2.37 bits per heavy atom. The molecule has 0 fully saturated rings. The van der Waals surface area contributed by atoms with Gasteiger partial charge in [0, 0.05) is 11.3 Å². The molecule has 3 aromatic carbocycles.